The summed E-state index contributed by atoms with van der Waals surface area (Å²) in [6.07, 6.45) is 5.91. The molecule has 0 radical (unpaired) electrons. The van der Waals surface area contributed by atoms with Crippen molar-refractivity contribution in [3.63, 3.8) is 0 Å². The fourth-order valence-corrected chi connectivity index (χ4v) is 1.61. The van der Waals surface area contributed by atoms with Gasteiger partial charge in [-0.2, -0.15) is 0 Å². The lowest BCUT2D eigenvalue weighted by Gasteiger charge is -2.33. The average molecular weight is 196 g/mol. The average Bonchev–Trinajstić information content (AvgIpc) is 2.28. The molecule has 0 aromatic rings. The first-order valence-corrected chi connectivity index (χ1v) is 5.01. The summed E-state index contributed by atoms with van der Waals surface area (Å²) in [5.74, 6) is -0.244. The molecule has 14 heavy (non-hydrogen) atoms. The molecule has 0 aliphatic carbocycles. The standard InChI is InChI=1S/C11H18NO2/c1-4-12(5-2)8-6-10(7-9-12)11(13)14-3/h6-8H,4-5,9H2,1-3H3/q+1. The maximum atomic E-state index is 11.2. The Morgan fingerprint density at radius 2 is 2.14 bits per heavy atom. The highest BCUT2D eigenvalue weighted by atomic mass is 16.5. The molecule has 3 heteroatoms. The molecule has 1 aliphatic heterocycles. The summed E-state index contributed by atoms with van der Waals surface area (Å²) in [5, 5.41) is 0. The van der Waals surface area contributed by atoms with Gasteiger partial charge in [-0.3, -0.25) is 4.48 Å². The number of quaternary nitrogens is 1. The first-order chi connectivity index (χ1) is 6.67. The Balaban J connectivity index is 2.74. The van der Waals surface area contributed by atoms with Crippen molar-refractivity contribution in [1.82, 2.24) is 0 Å². The second-order valence-electron chi connectivity index (χ2n) is 3.50. The van der Waals surface area contributed by atoms with Gasteiger partial charge in [-0.15, -0.1) is 0 Å². The van der Waals surface area contributed by atoms with Gasteiger partial charge in [-0.25, -0.2) is 4.79 Å². The summed E-state index contributed by atoms with van der Waals surface area (Å²) < 4.78 is 5.58. The smallest absolute Gasteiger partial charge is 0.337 e. The number of hydrogen-bond donors (Lipinski definition) is 0. The molecule has 1 aliphatic rings. The fourth-order valence-electron chi connectivity index (χ4n) is 1.61. The van der Waals surface area contributed by atoms with Crippen LogP contribution in [0, 0.1) is 0 Å². The van der Waals surface area contributed by atoms with Crippen LogP contribution in [0.25, 0.3) is 0 Å². The lowest BCUT2D eigenvalue weighted by molar-refractivity contribution is -0.870. The van der Waals surface area contributed by atoms with Gasteiger partial charge in [0.1, 0.15) is 6.54 Å². The molecular formula is C11H18NO2+. The van der Waals surface area contributed by atoms with Crippen LogP contribution in [-0.2, 0) is 9.53 Å². The number of hydrogen-bond acceptors (Lipinski definition) is 2. The van der Waals surface area contributed by atoms with Crippen LogP contribution in [0.4, 0.5) is 0 Å². The highest BCUT2D eigenvalue weighted by Gasteiger charge is 2.23. The van der Waals surface area contributed by atoms with Crippen LogP contribution in [0.2, 0.25) is 0 Å². The Morgan fingerprint density at radius 1 is 1.50 bits per heavy atom. The normalized spacial score (nSPS) is 18.9. The van der Waals surface area contributed by atoms with Crippen LogP contribution in [0.15, 0.2) is 23.9 Å². The van der Waals surface area contributed by atoms with Crippen molar-refractivity contribution in [2.24, 2.45) is 0 Å². The summed E-state index contributed by atoms with van der Waals surface area (Å²) in [6, 6.07) is 0. The largest absolute Gasteiger partial charge is 0.465 e. The van der Waals surface area contributed by atoms with E-state index in [2.05, 4.69) is 24.8 Å². The zero-order chi connectivity index (χ0) is 10.6. The summed E-state index contributed by atoms with van der Waals surface area (Å²) >= 11 is 0. The van der Waals surface area contributed by atoms with Gasteiger partial charge in [0.25, 0.3) is 0 Å². The molecular weight excluding hydrogens is 178 g/mol. The minimum atomic E-state index is -0.244. The van der Waals surface area contributed by atoms with Crippen molar-refractivity contribution in [1.29, 1.82) is 0 Å². The minimum absolute atomic E-state index is 0.244. The van der Waals surface area contributed by atoms with Crippen molar-refractivity contribution < 1.29 is 14.0 Å². The number of likely N-dealkylation sites (N-methyl/N-ethyl adjacent to an activating group) is 1. The third kappa shape index (κ3) is 2.04. The molecule has 0 aromatic carbocycles. The van der Waals surface area contributed by atoms with Crippen LogP contribution >= 0.6 is 0 Å². The molecule has 3 nitrogen and oxygen atoms in total. The maximum absolute atomic E-state index is 11.2. The van der Waals surface area contributed by atoms with Crippen LogP contribution in [0.3, 0.4) is 0 Å². The Morgan fingerprint density at radius 3 is 2.50 bits per heavy atom. The van der Waals surface area contributed by atoms with E-state index in [-0.39, 0.29) is 5.97 Å². The fraction of sp³-hybridized carbons (Fsp3) is 0.545. The second-order valence-corrected chi connectivity index (χ2v) is 3.50. The first kappa shape index (κ1) is 11.0. The zero-order valence-corrected chi connectivity index (χ0v) is 9.12. The van der Waals surface area contributed by atoms with E-state index >= 15 is 0 Å². The Kier molecular flexibility index (Phi) is 3.47. The van der Waals surface area contributed by atoms with E-state index in [0.717, 1.165) is 24.1 Å². The van der Waals surface area contributed by atoms with Crippen LogP contribution in [0.1, 0.15) is 13.8 Å². The monoisotopic (exact) mass is 196 g/mol. The Hall–Kier alpha value is -1.09. The van der Waals surface area contributed by atoms with Gasteiger partial charge in [-0.05, 0) is 19.9 Å². The summed E-state index contributed by atoms with van der Waals surface area (Å²) in [6.45, 7) is 7.31. The third-order valence-electron chi connectivity index (χ3n) is 2.93. The Bertz CT molecular complexity index is 275. The number of esters is 1. The van der Waals surface area contributed by atoms with Crippen molar-refractivity contribution in [2.45, 2.75) is 13.8 Å². The van der Waals surface area contributed by atoms with Gasteiger partial charge in [0.2, 0.25) is 0 Å². The van der Waals surface area contributed by atoms with E-state index in [1.54, 1.807) is 0 Å². The van der Waals surface area contributed by atoms with Gasteiger partial charge in [-0.1, -0.05) is 0 Å². The topological polar surface area (TPSA) is 26.3 Å². The van der Waals surface area contributed by atoms with E-state index in [4.69, 9.17) is 0 Å². The number of methoxy groups -OCH3 is 1. The quantitative estimate of drug-likeness (QED) is 0.504. The molecule has 0 aromatic heterocycles. The zero-order valence-electron chi connectivity index (χ0n) is 9.12. The molecule has 1 rings (SSSR count). The van der Waals surface area contributed by atoms with Crippen molar-refractivity contribution in [3.05, 3.63) is 23.9 Å². The molecule has 0 spiro atoms. The molecule has 78 valence electrons. The van der Waals surface area contributed by atoms with Crippen molar-refractivity contribution >= 4 is 5.97 Å². The van der Waals surface area contributed by atoms with Gasteiger partial charge in [0, 0.05) is 6.08 Å². The maximum Gasteiger partial charge on any atom is 0.337 e. The van der Waals surface area contributed by atoms with E-state index in [1.165, 1.54) is 7.11 Å². The Labute approximate surface area is 85.2 Å². The highest BCUT2D eigenvalue weighted by Crippen LogP contribution is 2.16. The summed E-state index contributed by atoms with van der Waals surface area (Å²) in [7, 11) is 1.41. The molecule has 0 saturated heterocycles. The van der Waals surface area contributed by atoms with E-state index < -0.39 is 0 Å². The summed E-state index contributed by atoms with van der Waals surface area (Å²) in [4.78, 5) is 11.2. The molecule has 0 unspecified atom stereocenters. The SMILES string of the molecule is CC[N+]1(CC)C=CC(C(=O)OC)=CC1. The van der Waals surface area contributed by atoms with Crippen LogP contribution in [-0.4, -0.2) is 37.2 Å². The van der Waals surface area contributed by atoms with Crippen LogP contribution < -0.4 is 0 Å². The van der Waals surface area contributed by atoms with Gasteiger partial charge < -0.3 is 4.74 Å². The minimum Gasteiger partial charge on any atom is -0.465 e. The molecule has 0 amide bonds. The van der Waals surface area contributed by atoms with E-state index in [0.29, 0.717) is 5.57 Å². The molecule has 0 N–H and O–H groups in total. The highest BCUT2D eigenvalue weighted by molar-refractivity contribution is 5.91. The van der Waals surface area contributed by atoms with Gasteiger partial charge in [0.05, 0.1) is 32.0 Å². The third-order valence-corrected chi connectivity index (χ3v) is 2.93. The molecule has 0 saturated carbocycles. The lowest BCUT2D eigenvalue weighted by atomic mass is 10.1. The number of carbonyl (C=O) groups excluding carboxylic acids is 1. The van der Waals surface area contributed by atoms with Crippen molar-refractivity contribution in [3.8, 4) is 0 Å². The van der Waals surface area contributed by atoms with E-state index in [9.17, 15) is 4.79 Å². The van der Waals surface area contributed by atoms with E-state index in [1.807, 2.05) is 12.2 Å². The van der Waals surface area contributed by atoms with Gasteiger partial charge >= 0.3 is 5.97 Å². The molecule has 0 bridgehead atoms. The number of ether oxygens (including phenoxy) is 1. The number of nitrogens with zero attached hydrogens (tertiary/aromatic N) is 1. The lowest BCUT2D eigenvalue weighted by Crippen LogP contribution is -2.44. The first-order valence-electron chi connectivity index (χ1n) is 5.01. The molecule has 0 fully saturated rings. The summed E-state index contributed by atoms with van der Waals surface area (Å²) in [5.41, 5.74) is 0.670. The van der Waals surface area contributed by atoms with Crippen LogP contribution in [0.5, 0.6) is 0 Å². The number of carbonyl (C=O) groups is 1. The number of rotatable bonds is 3. The predicted octanol–water partition coefficient (Wildman–Crippen LogP) is 1.47. The predicted molar refractivity (Wildman–Crippen MR) is 55.4 cm³/mol. The molecule has 1 heterocycles. The second kappa shape index (κ2) is 4.42. The van der Waals surface area contributed by atoms with Crippen molar-refractivity contribution in [2.75, 3.05) is 26.7 Å². The molecule has 0 atom stereocenters. The van der Waals surface area contributed by atoms with Gasteiger partial charge in [0.15, 0.2) is 0 Å².